The highest BCUT2D eigenvalue weighted by atomic mass is 127. The summed E-state index contributed by atoms with van der Waals surface area (Å²) in [5.41, 5.74) is 0.352. The van der Waals surface area contributed by atoms with Gasteiger partial charge in [-0.3, -0.25) is 14.7 Å². The Morgan fingerprint density at radius 2 is 1.67 bits per heavy atom. The van der Waals surface area contributed by atoms with Crippen molar-refractivity contribution < 1.29 is 9.53 Å². The average molecular weight is 536 g/mol. The first-order chi connectivity index (χ1) is 14.1. The molecule has 0 aromatic rings. The summed E-state index contributed by atoms with van der Waals surface area (Å²) in [6, 6.07) is -0.0129. The minimum Gasteiger partial charge on any atom is -0.385 e. The summed E-state index contributed by atoms with van der Waals surface area (Å²) in [4.78, 5) is 24.0. The van der Waals surface area contributed by atoms with Crippen molar-refractivity contribution in [3.63, 3.8) is 0 Å². The first-order valence-electron chi connectivity index (χ1n) is 11.6. The lowest BCUT2D eigenvalue weighted by atomic mass is 9.83. The summed E-state index contributed by atoms with van der Waals surface area (Å²) < 4.78 is 5.36. The van der Waals surface area contributed by atoms with Crippen LogP contribution in [0.4, 0.5) is 0 Å². The molecule has 1 unspecified atom stereocenters. The molecule has 1 saturated carbocycles. The van der Waals surface area contributed by atoms with Gasteiger partial charge in [0.05, 0.1) is 6.04 Å². The van der Waals surface area contributed by atoms with Gasteiger partial charge in [0.25, 0.3) is 0 Å². The largest absolute Gasteiger partial charge is 0.385 e. The lowest BCUT2D eigenvalue weighted by molar-refractivity contribution is -0.135. The monoisotopic (exact) mass is 535 g/mol. The van der Waals surface area contributed by atoms with Crippen LogP contribution in [0.25, 0.3) is 0 Å². The molecule has 30 heavy (non-hydrogen) atoms. The molecule has 3 rings (SSSR count). The number of ether oxygens (including phenoxy) is 1. The summed E-state index contributed by atoms with van der Waals surface area (Å²) in [7, 11) is 3.68. The second-order valence-corrected chi connectivity index (χ2v) is 9.08. The van der Waals surface area contributed by atoms with Crippen LogP contribution in [0.15, 0.2) is 4.99 Å². The van der Waals surface area contributed by atoms with Gasteiger partial charge in [-0.1, -0.05) is 12.8 Å². The van der Waals surface area contributed by atoms with Gasteiger partial charge < -0.3 is 19.9 Å². The van der Waals surface area contributed by atoms with Gasteiger partial charge in [0.1, 0.15) is 0 Å². The maximum absolute atomic E-state index is 12.7. The van der Waals surface area contributed by atoms with Crippen LogP contribution in [0.1, 0.15) is 51.9 Å². The number of guanidine groups is 1. The molecule has 0 spiro atoms. The third-order valence-corrected chi connectivity index (χ3v) is 7.27. The van der Waals surface area contributed by atoms with Crippen LogP contribution in [0.3, 0.4) is 0 Å². The van der Waals surface area contributed by atoms with Crippen LogP contribution in [0, 0.1) is 5.41 Å². The van der Waals surface area contributed by atoms with E-state index in [1.807, 2.05) is 11.9 Å². The number of carbonyl (C=O) groups is 1. The predicted octanol–water partition coefficient (Wildman–Crippen LogP) is 2.41. The summed E-state index contributed by atoms with van der Waals surface area (Å²) in [5.74, 6) is 1.31. The highest BCUT2D eigenvalue weighted by Crippen LogP contribution is 2.40. The van der Waals surface area contributed by atoms with Crippen molar-refractivity contribution in [3.05, 3.63) is 0 Å². The van der Waals surface area contributed by atoms with Crippen LogP contribution in [-0.2, 0) is 9.53 Å². The minimum absolute atomic E-state index is 0. The Bertz CT molecular complexity index is 554. The van der Waals surface area contributed by atoms with Crippen LogP contribution >= 0.6 is 24.0 Å². The SMILES string of the molecule is CN=C(NCC1(CCOC)CCCC1)N1CCN(C(C)C(=O)N2CCCC2)CC1.I. The van der Waals surface area contributed by atoms with Crippen molar-refractivity contribution in [1.29, 1.82) is 0 Å². The number of halogens is 1. The number of carbonyl (C=O) groups excluding carboxylic acids is 1. The lowest BCUT2D eigenvalue weighted by Gasteiger charge is -2.40. The number of hydrogen-bond donors (Lipinski definition) is 1. The molecule has 1 N–H and O–H groups in total. The van der Waals surface area contributed by atoms with Gasteiger partial charge in [-0.15, -0.1) is 24.0 Å². The maximum Gasteiger partial charge on any atom is 0.239 e. The number of likely N-dealkylation sites (tertiary alicyclic amines) is 1. The number of aliphatic imine (C=N–C) groups is 1. The molecule has 8 heteroatoms. The zero-order valence-corrected chi connectivity index (χ0v) is 21.5. The number of hydrogen-bond acceptors (Lipinski definition) is 4. The number of methoxy groups -OCH3 is 1. The lowest BCUT2D eigenvalue weighted by Crippen LogP contribution is -2.57. The van der Waals surface area contributed by atoms with Crippen molar-refractivity contribution in [3.8, 4) is 0 Å². The number of piperazine rings is 1. The summed E-state index contributed by atoms with van der Waals surface area (Å²) in [6.07, 6.45) is 8.64. The molecular weight excluding hydrogens is 493 g/mol. The van der Waals surface area contributed by atoms with E-state index in [0.717, 1.165) is 77.6 Å². The smallest absolute Gasteiger partial charge is 0.239 e. The fourth-order valence-corrected chi connectivity index (χ4v) is 5.24. The zero-order valence-electron chi connectivity index (χ0n) is 19.2. The van der Waals surface area contributed by atoms with Gasteiger partial charge in [-0.25, -0.2) is 0 Å². The molecule has 174 valence electrons. The first kappa shape index (κ1) is 25.6. The quantitative estimate of drug-likeness (QED) is 0.308. The Hall–Kier alpha value is -0.610. The molecule has 0 bridgehead atoms. The number of amides is 1. The summed E-state index contributed by atoms with van der Waals surface area (Å²) in [6.45, 7) is 9.42. The van der Waals surface area contributed by atoms with Crippen LogP contribution in [0.5, 0.6) is 0 Å². The third kappa shape index (κ3) is 6.45. The molecule has 2 heterocycles. The second kappa shape index (κ2) is 12.4. The van der Waals surface area contributed by atoms with E-state index in [-0.39, 0.29) is 30.0 Å². The Morgan fingerprint density at radius 3 is 2.23 bits per heavy atom. The van der Waals surface area contributed by atoms with Crippen molar-refractivity contribution >= 4 is 35.8 Å². The van der Waals surface area contributed by atoms with E-state index in [2.05, 4.69) is 27.0 Å². The molecule has 0 radical (unpaired) electrons. The predicted molar refractivity (Wildman–Crippen MR) is 133 cm³/mol. The summed E-state index contributed by atoms with van der Waals surface area (Å²) in [5, 5.41) is 3.67. The standard InChI is InChI=1S/C22H41N5O2.HI/c1-19(20(28)26-11-6-7-12-26)25-13-15-27(16-14-25)21(23-2)24-18-22(10-17-29-3)8-4-5-9-22;/h19H,4-18H2,1-3H3,(H,23,24);1H. The number of nitrogens with one attached hydrogen (secondary N) is 1. The molecule has 0 aromatic heterocycles. The highest BCUT2D eigenvalue weighted by molar-refractivity contribution is 14.0. The number of rotatable bonds is 7. The Kier molecular flexibility index (Phi) is 10.6. The summed E-state index contributed by atoms with van der Waals surface area (Å²) >= 11 is 0. The highest BCUT2D eigenvalue weighted by Gasteiger charge is 2.35. The maximum atomic E-state index is 12.7. The van der Waals surface area contributed by atoms with Crippen LogP contribution < -0.4 is 5.32 Å². The Labute approximate surface area is 200 Å². The zero-order chi connectivity index (χ0) is 20.7. The van der Waals surface area contributed by atoms with Gasteiger partial charge in [0, 0.05) is 66.6 Å². The molecule has 2 aliphatic heterocycles. The van der Waals surface area contributed by atoms with Gasteiger partial charge >= 0.3 is 0 Å². The van der Waals surface area contributed by atoms with Crippen molar-refractivity contribution in [2.24, 2.45) is 10.4 Å². The van der Waals surface area contributed by atoms with Gasteiger partial charge in [0.15, 0.2) is 5.96 Å². The van der Waals surface area contributed by atoms with Crippen molar-refractivity contribution in [2.75, 3.05) is 66.6 Å². The molecule has 3 aliphatic rings. The van der Waals surface area contributed by atoms with E-state index in [0.29, 0.717) is 11.3 Å². The molecule has 1 amide bonds. The van der Waals surface area contributed by atoms with Crippen LogP contribution in [-0.4, -0.2) is 99.2 Å². The first-order valence-corrected chi connectivity index (χ1v) is 11.6. The van der Waals surface area contributed by atoms with Gasteiger partial charge in [-0.2, -0.15) is 0 Å². The molecule has 1 aliphatic carbocycles. The van der Waals surface area contributed by atoms with Crippen LogP contribution in [0.2, 0.25) is 0 Å². The van der Waals surface area contributed by atoms with E-state index in [4.69, 9.17) is 4.74 Å². The Balaban J connectivity index is 0.00000320. The van der Waals surface area contributed by atoms with E-state index < -0.39 is 0 Å². The fourth-order valence-electron chi connectivity index (χ4n) is 5.24. The number of nitrogens with zero attached hydrogens (tertiary/aromatic N) is 4. The Morgan fingerprint density at radius 1 is 1.03 bits per heavy atom. The van der Waals surface area contributed by atoms with Gasteiger partial charge in [-0.05, 0) is 44.4 Å². The van der Waals surface area contributed by atoms with E-state index in [9.17, 15) is 4.79 Å². The molecule has 3 fully saturated rings. The molecule has 1 atom stereocenters. The van der Waals surface area contributed by atoms with E-state index >= 15 is 0 Å². The van der Waals surface area contributed by atoms with E-state index in [1.54, 1.807) is 7.11 Å². The second-order valence-electron chi connectivity index (χ2n) is 9.08. The molecule has 0 aromatic carbocycles. The topological polar surface area (TPSA) is 60.4 Å². The fraction of sp³-hybridized carbons (Fsp3) is 0.909. The minimum atomic E-state index is -0.0129. The van der Waals surface area contributed by atoms with Crippen molar-refractivity contribution in [1.82, 2.24) is 20.0 Å². The normalized spacial score (nSPS) is 23.4. The van der Waals surface area contributed by atoms with E-state index in [1.165, 1.54) is 25.7 Å². The third-order valence-electron chi connectivity index (χ3n) is 7.27. The van der Waals surface area contributed by atoms with Crippen molar-refractivity contribution in [2.45, 2.75) is 57.9 Å². The van der Waals surface area contributed by atoms with Gasteiger partial charge in [0.2, 0.25) is 5.91 Å². The molecular formula is C22H42IN5O2. The average Bonchev–Trinajstić information content (AvgIpc) is 3.45. The molecule has 7 nitrogen and oxygen atoms in total. The molecule has 2 saturated heterocycles.